The molecule has 7 heteroatoms. The first kappa shape index (κ1) is 14.1. The van der Waals surface area contributed by atoms with Gasteiger partial charge in [0.1, 0.15) is 5.03 Å². The zero-order valence-corrected chi connectivity index (χ0v) is 12.2. The summed E-state index contributed by atoms with van der Waals surface area (Å²) in [7, 11) is 0. The van der Waals surface area contributed by atoms with E-state index >= 15 is 0 Å². The minimum Gasteiger partial charge on any atom is -0.392 e. The van der Waals surface area contributed by atoms with Gasteiger partial charge in [0.15, 0.2) is 5.65 Å². The molecule has 0 aromatic carbocycles. The Morgan fingerprint density at radius 3 is 2.89 bits per heavy atom. The summed E-state index contributed by atoms with van der Waals surface area (Å²) in [6, 6.07) is 0. The van der Waals surface area contributed by atoms with Gasteiger partial charge < -0.3 is 10.4 Å². The average molecular weight is 281 g/mol. The van der Waals surface area contributed by atoms with Gasteiger partial charge in [-0.15, -0.1) is 0 Å². The second-order valence-electron chi connectivity index (χ2n) is 4.47. The summed E-state index contributed by atoms with van der Waals surface area (Å²) in [5.74, 6) is 0.596. The highest BCUT2D eigenvalue weighted by Crippen LogP contribution is 2.29. The van der Waals surface area contributed by atoms with E-state index < -0.39 is 6.10 Å². The molecular formula is C12H19N5OS. The molecule has 2 atom stereocenters. The number of fused-ring (bicyclic) bond motifs is 1. The lowest BCUT2D eigenvalue weighted by atomic mass is 10.3. The van der Waals surface area contributed by atoms with Crippen molar-refractivity contribution in [1.82, 2.24) is 20.2 Å². The van der Waals surface area contributed by atoms with E-state index in [4.69, 9.17) is 0 Å². The molecule has 0 amide bonds. The Balaban J connectivity index is 2.31. The van der Waals surface area contributed by atoms with Crippen molar-refractivity contribution in [3.05, 3.63) is 6.20 Å². The fourth-order valence-electron chi connectivity index (χ4n) is 1.49. The van der Waals surface area contributed by atoms with Crippen molar-refractivity contribution in [3.8, 4) is 0 Å². The van der Waals surface area contributed by atoms with Crippen molar-refractivity contribution in [3.63, 3.8) is 0 Å². The van der Waals surface area contributed by atoms with Crippen LogP contribution in [-0.2, 0) is 0 Å². The van der Waals surface area contributed by atoms with Gasteiger partial charge in [0.05, 0.1) is 17.7 Å². The quantitative estimate of drug-likeness (QED) is 0.555. The lowest BCUT2D eigenvalue weighted by molar-refractivity contribution is 0.196. The largest absolute Gasteiger partial charge is 0.392 e. The zero-order chi connectivity index (χ0) is 13.8. The summed E-state index contributed by atoms with van der Waals surface area (Å²) in [5, 5.41) is 21.4. The minimum absolute atomic E-state index is 0.0621. The maximum atomic E-state index is 9.61. The van der Waals surface area contributed by atoms with Crippen LogP contribution in [0.1, 0.15) is 27.2 Å². The van der Waals surface area contributed by atoms with E-state index in [1.165, 1.54) is 11.8 Å². The number of anilines is 1. The fourth-order valence-corrected chi connectivity index (χ4v) is 2.45. The topological polar surface area (TPSA) is 86.7 Å². The molecule has 0 aliphatic heterocycles. The van der Waals surface area contributed by atoms with Crippen LogP contribution in [0.4, 0.5) is 5.95 Å². The highest BCUT2D eigenvalue weighted by atomic mass is 32.2. The van der Waals surface area contributed by atoms with Crippen LogP contribution in [-0.4, -0.2) is 43.2 Å². The normalized spacial score (nSPS) is 14.5. The first-order valence-electron chi connectivity index (χ1n) is 6.41. The maximum absolute atomic E-state index is 9.61. The number of thioether (sulfide) groups is 1. The summed E-state index contributed by atoms with van der Waals surface area (Å²) < 4.78 is 0. The van der Waals surface area contributed by atoms with Gasteiger partial charge in [0, 0.05) is 11.8 Å². The van der Waals surface area contributed by atoms with Crippen LogP contribution in [0.25, 0.3) is 11.0 Å². The Labute approximate surface area is 116 Å². The summed E-state index contributed by atoms with van der Waals surface area (Å²) >= 11 is 1.53. The fraction of sp³-hybridized carbons (Fsp3) is 0.583. The molecule has 0 spiro atoms. The number of H-pyrrole nitrogens is 1. The van der Waals surface area contributed by atoms with Crippen molar-refractivity contribution in [2.24, 2.45) is 0 Å². The van der Waals surface area contributed by atoms with Gasteiger partial charge in [-0.25, -0.2) is 4.98 Å². The summed E-state index contributed by atoms with van der Waals surface area (Å²) in [4.78, 5) is 8.87. The summed E-state index contributed by atoms with van der Waals surface area (Å²) in [6.07, 6.45) is 2.33. The van der Waals surface area contributed by atoms with Crippen molar-refractivity contribution in [2.75, 3.05) is 11.9 Å². The molecule has 2 unspecified atom stereocenters. The molecule has 0 aliphatic rings. The third-order valence-corrected chi connectivity index (χ3v) is 4.08. The predicted octanol–water partition coefficient (Wildman–Crippen LogP) is 2.04. The van der Waals surface area contributed by atoms with Crippen molar-refractivity contribution < 1.29 is 5.11 Å². The van der Waals surface area contributed by atoms with Gasteiger partial charge in [-0.05, 0) is 13.3 Å². The van der Waals surface area contributed by atoms with Gasteiger partial charge in [0.2, 0.25) is 5.95 Å². The third-order valence-electron chi connectivity index (χ3n) is 2.78. The molecule has 0 saturated carbocycles. The first-order valence-corrected chi connectivity index (χ1v) is 7.29. The van der Waals surface area contributed by atoms with E-state index in [9.17, 15) is 5.11 Å². The van der Waals surface area contributed by atoms with E-state index in [0.29, 0.717) is 11.6 Å². The number of rotatable bonds is 6. The predicted molar refractivity (Wildman–Crippen MR) is 77.5 cm³/mol. The van der Waals surface area contributed by atoms with E-state index in [-0.39, 0.29) is 5.25 Å². The van der Waals surface area contributed by atoms with Crippen LogP contribution < -0.4 is 5.32 Å². The Morgan fingerprint density at radius 1 is 1.42 bits per heavy atom. The molecular weight excluding hydrogens is 262 g/mol. The maximum Gasteiger partial charge on any atom is 0.225 e. The molecule has 0 aliphatic carbocycles. The van der Waals surface area contributed by atoms with Crippen LogP contribution in [0.15, 0.2) is 11.2 Å². The second kappa shape index (κ2) is 6.21. The molecule has 104 valence electrons. The van der Waals surface area contributed by atoms with Gasteiger partial charge in [-0.3, -0.25) is 5.10 Å². The van der Waals surface area contributed by atoms with E-state index in [1.54, 1.807) is 13.1 Å². The molecule has 0 fully saturated rings. The number of hydrogen-bond acceptors (Lipinski definition) is 6. The number of aliphatic hydroxyl groups is 1. The molecule has 0 bridgehead atoms. The zero-order valence-electron chi connectivity index (χ0n) is 11.3. The monoisotopic (exact) mass is 281 g/mol. The van der Waals surface area contributed by atoms with Gasteiger partial charge in [-0.2, -0.15) is 10.1 Å². The van der Waals surface area contributed by atoms with E-state index in [1.807, 2.05) is 6.92 Å². The summed E-state index contributed by atoms with van der Waals surface area (Å²) in [5.41, 5.74) is 0.717. The van der Waals surface area contributed by atoms with E-state index in [0.717, 1.165) is 23.4 Å². The highest BCUT2D eigenvalue weighted by molar-refractivity contribution is 8.00. The molecule has 2 heterocycles. The Kier molecular flexibility index (Phi) is 4.60. The first-order chi connectivity index (χ1) is 9.11. The Bertz CT molecular complexity index is 542. The molecule has 0 radical (unpaired) electrons. The lowest BCUT2D eigenvalue weighted by Crippen LogP contribution is -2.15. The molecule has 2 rings (SSSR count). The molecule has 0 saturated heterocycles. The van der Waals surface area contributed by atoms with Gasteiger partial charge >= 0.3 is 0 Å². The van der Waals surface area contributed by atoms with Crippen LogP contribution in [0.5, 0.6) is 0 Å². The third kappa shape index (κ3) is 3.36. The number of nitrogens with one attached hydrogen (secondary N) is 2. The SMILES string of the molecule is CCCNc1nc(SC(C)C(C)O)c2cn[nH]c2n1. The summed E-state index contributed by atoms with van der Waals surface area (Å²) in [6.45, 7) is 6.67. The second-order valence-corrected chi connectivity index (χ2v) is 5.84. The number of aromatic amines is 1. The number of aliphatic hydroxyl groups excluding tert-OH is 1. The highest BCUT2D eigenvalue weighted by Gasteiger charge is 2.16. The molecule has 2 aromatic rings. The number of aromatic nitrogens is 4. The van der Waals surface area contributed by atoms with Crippen LogP contribution in [0, 0.1) is 0 Å². The average Bonchev–Trinajstić information content (AvgIpc) is 2.84. The standard InChI is InChI=1S/C12H19N5OS/c1-4-5-13-12-15-10-9(6-14-17-10)11(16-12)19-8(3)7(2)18/h6-8,18H,4-5H2,1-3H3,(H2,13,14,15,16,17). The lowest BCUT2D eigenvalue weighted by Gasteiger charge is -2.14. The number of hydrogen-bond donors (Lipinski definition) is 3. The Hall–Kier alpha value is -1.34. The van der Waals surface area contributed by atoms with Crippen molar-refractivity contribution in [2.45, 2.75) is 43.6 Å². The Morgan fingerprint density at radius 2 is 2.21 bits per heavy atom. The van der Waals surface area contributed by atoms with Crippen LogP contribution in [0.2, 0.25) is 0 Å². The molecule has 2 aromatic heterocycles. The number of nitrogens with zero attached hydrogens (tertiary/aromatic N) is 3. The molecule has 6 nitrogen and oxygen atoms in total. The van der Waals surface area contributed by atoms with Gasteiger partial charge in [-0.1, -0.05) is 25.6 Å². The smallest absolute Gasteiger partial charge is 0.225 e. The van der Waals surface area contributed by atoms with Crippen LogP contribution in [0.3, 0.4) is 0 Å². The molecule has 3 N–H and O–H groups in total. The van der Waals surface area contributed by atoms with Gasteiger partial charge in [0.25, 0.3) is 0 Å². The van der Waals surface area contributed by atoms with Crippen molar-refractivity contribution >= 4 is 28.7 Å². The van der Waals surface area contributed by atoms with E-state index in [2.05, 4.69) is 32.4 Å². The molecule has 19 heavy (non-hydrogen) atoms. The van der Waals surface area contributed by atoms with Crippen LogP contribution >= 0.6 is 11.8 Å². The minimum atomic E-state index is -0.394. The van der Waals surface area contributed by atoms with Crippen molar-refractivity contribution in [1.29, 1.82) is 0 Å².